The van der Waals surface area contributed by atoms with E-state index in [1.165, 1.54) is 37.5 Å². The van der Waals surface area contributed by atoms with E-state index in [0.29, 0.717) is 0 Å². The Bertz CT molecular complexity index is 1250. The topological polar surface area (TPSA) is 88.2 Å². The smallest absolute Gasteiger partial charge is 0.422 e. The van der Waals surface area contributed by atoms with Gasteiger partial charge in [-0.05, 0) is 36.4 Å². The number of ether oxygens (including phenoxy) is 1. The third-order valence-corrected chi connectivity index (χ3v) is 4.31. The van der Waals surface area contributed by atoms with Crippen molar-refractivity contribution >= 4 is 11.6 Å². The van der Waals surface area contributed by atoms with E-state index in [1.54, 1.807) is 6.07 Å². The highest BCUT2D eigenvalue weighted by molar-refractivity contribution is 6.05. The number of hydrogen-bond donors (Lipinski definition) is 0. The Morgan fingerprint density at radius 3 is 2.62 bits per heavy atom. The van der Waals surface area contributed by atoms with Gasteiger partial charge in [0.05, 0.1) is 23.1 Å². The minimum absolute atomic E-state index is 0.0938. The zero-order chi connectivity index (χ0) is 23.5. The molecule has 1 amide bonds. The molecule has 164 valence electrons. The summed E-state index contributed by atoms with van der Waals surface area (Å²) >= 11 is 0. The van der Waals surface area contributed by atoms with Crippen LogP contribution in [0.25, 0.3) is 5.69 Å². The van der Waals surface area contributed by atoms with E-state index >= 15 is 0 Å². The Labute approximate surface area is 178 Å². The second kappa shape index (κ2) is 8.89. The third-order valence-electron chi connectivity index (χ3n) is 4.31. The van der Waals surface area contributed by atoms with Gasteiger partial charge in [-0.25, -0.2) is 9.37 Å². The van der Waals surface area contributed by atoms with Crippen LogP contribution in [0.2, 0.25) is 0 Å². The van der Waals surface area contributed by atoms with Crippen LogP contribution in [0.4, 0.5) is 23.2 Å². The SMILES string of the molecule is CN(C(=O)c1cccn(-c2ccc(F)cc2C#N)c1=O)c1ccc(OCC(F)(F)F)nc1. The fourth-order valence-electron chi connectivity index (χ4n) is 2.76. The number of anilines is 1. The lowest BCUT2D eigenvalue weighted by Crippen LogP contribution is -2.34. The molecule has 11 heteroatoms. The molecule has 0 atom stereocenters. The van der Waals surface area contributed by atoms with Crippen LogP contribution in [-0.4, -0.2) is 35.3 Å². The Kier molecular flexibility index (Phi) is 6.25. The first kappa shape index (κ1) is 22.5. The van der Waals surface area contributed by atoms with Crippen molar-refractivity contribution in [2.75, 3.05) is 18.6 Å². The Hall–Kier alpha value is -4.20. The van der Waals surface area contributed by atoms with Gasteiger partial charge in [-0.2, -0.15) is 18.4 Å². The molecular weight excluding hydrogens is 432 g/mol. The molecule has 0 aliphatic heterocycles. The van der Waals surface area contributed by atoms with Gasteiger partial charge in [0.25, 0.3) is 11.5 Å². The predicted molar refractivity (Wildman–Crippen MR) is 105 cm³/mol. The van der Waals surface area contributed by atoms with Crippen LogP contribution in [0.3, 0.4) is 0 Å². The molecule has 0 radical (unpaired) electrons. The number of halogens is 4. The maximum absolute atomic E-state index is 13.4. The van der Waals surface area contributed by atoms with Crippen molar-refractivity contribution in [2.24, 2.45) is 0 Å². The number of rotatable bonds is 5. The molecule has 0 N–H and O–H groups in total. The average Bonchev–Trinajstić information content (AvgIpc) is 2.77. The summed E-state index contributed by atoms with van der Waals surface area (Å²) in [4.78, 5) is 30.6. The van der Waals surface area contributed by atoms with Gasteiger partial charge in [-0.1, -0.05) is 0 Å². The van der Waals surface area contributed by atoms with E-state index in [2.05, 4.69) is 9.72 Å². The number of nitriles is 1. The molecule has 0 aliphatic rings. The Morgan fingerprint density at radius 2 is 2.00 bits per heavy atom. The second-order valence-corrected chi connectivity index (χ2v) is 6.49. The number of amides is 1. The maximum Gasteiger partial charge on any atom is 0.422 e. The van der Waals surface area contributed by atoms with Crippen molar-refractivity contribution in [3.8, 4) is 17.6 Å². The molecule has 0 saturated heterocycles. The van der Waals surface area contributed by atoms with Crippen molar-refractivity contribution in [1.29, 1.82) is 5.26 Å². The molecule has 0 spiro atoms. The van der Waals surface area contributed by atoms with Crippen molar-refractivity contribution in [1.82, 2.24) is 9.55 Å². The lowest BCUT2D eigenvalue weighted by molar-refractivity contribution is -0.154. The van der Waals surface area contributed by atoms with Gasteiger partial charge in [0.1, 0.15) is 17.4 Å². The minimum Gasteiger partial charge on any atom is -0.468 e. The van der Waals surface area contributed by atoms with Crippen LogP contribution >= 0.6 is 0 Å². The van der Waals surface area contributed by atoms with E-state index in [4.69, 9.17) is 0 Å². The highest BCUT2D eigenvalue weighted by atomic mass is 19.4. The fraction of sp³-hybridized carbons (Fsp3) is 0.143. The van der Waals surface area contributed by atoms with Gasteiger partial charge in [-0.3, -0.25) is 14.2 Å². The molecule has 3 rings (SSSR count). The van der Waals surface area contributed by atoms with Gasteiger partial charge >= 0.3 is 6.18 Å². The predicted octanol–water partition coefficient (Wildman–Crippen LogP) is 3.46. The molecule has 0 fully saturated rings. The van der Waals surface area contributed by atoms with Gasteiger partial charge in [0, 0.05) is 19.3 Å². The van der Waals surface area contributed by atoms with E-state index in [-0.39, 0.29) is 28.4 Å². The lowest BCUT2D eigenvalue weighted by atomic mass is 10.1. The molecule has 3 aromatic rings. The standard InChI is InChI=1S/C21H14F4N4O3/c1-28(15-5-7-18(27-11-15)32-12-21(23,24)25)19(30)16-3-2-8-29(20(16)31)17-6-4-14(22)9-13(17)10-26/h2-9,11H,12H2,1H3. The van der Waals surface area contributed by atoms with E-state index in [9.17, 15) is 32.4 Å². The summed E-state index contributed by atoms with van der Waals surface area (Å²) < 4.78 is 55.7. The summed E-state index contributed by atoms with van der Waals surface area (Å²) in [5, 5.41) is 9.23. The van der Waals surface area contributed by atoms with E-state index < -0.39 is 30.1 Å². The molecule has 0 aliphatic carbocycles. The Balaban J connectivity index is 1.88. The molecule has 0 bridgehead atoms. The van der Waals surface area contributed by atoms with Gasteiger partial charge in [-0.15, -0.1) is 0 Å². The molecule has 2 heterocycles. The van der Waals surface area contributed by atoms with Gasteiger partial charge < -0.3 is 9.64 Å². The molecular formula is C21H14F4N4O3. The molecule has 0 saturated carbocycles. The summed E-state index contributed by atoms with van der Waals surface area (Å²) in [7, 11) is 1.35. The quantitative estimate of drug-likeness (QED) is 0.560. The number of alkyl halides is 3. The second-order valence-electron chi connectivity index (χ2n) is 6.49. The van der Waals surface area contributed by atoms with Crippen LogP contribution in [0.15, 0.2) is 59.7 Å². The summed E-state index contributed by atoms with van der Waals surface area (Å²) in [6, 6.07) is 10.3. The lowest BCUT2D eigenvalue weighted by Gasteiger charge is -2.18. The third kappa shape index (κ3) is 4.92. The number of carbonyl (C=O) groups is 1. The number of aromatic nitrogens is 2. The van der Waals surface area contributed by atoms with Crippen LogP contribution in [-0.2, 0) is 0 Å². The molecule has 7 nitrogen and oxygen atoms in total. The first-order valence-electron chi connectivity index (χ1n) is 8.96. The van der Waals surface area contributed by atoms with Crippen LogP contribution in [0.1, 0.15) is 15.9 Å². The number of nitrogens with zero attached hydrogens (tertiary/aromatic N) is 4. The zero-order valence-corrected chi connectivity index (χ0v) is 16.4. The van der Waals surface area contributed by atoms with Crippen LogP contribution in [0, 0.1) is 17.1 Å². The van der Waals surface area contributed by atoms with Gasteiger partial charge in [0.15, 0.2) is 6.61 Å². The normalized spacial score (nSPS) is 11.0. The number of hydrogen-bond acceptors (Lipinski definition) is 5. The minimum atomic E-state index is -4.52. The highest BCUT2D eigenvalue weighted by Gasteiger charge is 2.28. The summed E-state index contributed by atoms with van der Waals surface area (Å²) in [6.45, 7) is -1.51. The summed E-state index contributed by atoms with van der Waals surface area (Å²) in [5.41, 5.74) is -0.789. The van der Waals surface area contributed by atoms with Crippen molar-refractivity contribution < 1.29 is 27.1 Å². The monoisotopic (exact) mass is 446 g/mol. The average molecular weight is 446 g/mol. The number of pyridine rings is 2. The zero-order valence-electron chi connectivity index (χ0n) is 16.4. The van der Waals surface area contributed by atoms with Crippen molar-refractivity contribution in [3.63, 3.8) is 0 Å². The van der Waals surface area contributed by atoms with Crippen LogP contribution in [0.5, 0.6) is 5.88 Å². The van der Waals surface area contributed by atoms with Crippen LogP contribution < -0.4 is 15.2 Å². The highest BCUT2D eigenvalue weighted by Crippen LogP contribution is 2.20. The molecule has 32 heavy (non-hydrogen) atoms. The molecule has 0 unspecified atom stereocenters. The first-order valence-corrected chi connectivity index (χ1v) is 8.96. The number of benzene rings is 1. The largest absolute Gasteiger partial charge is 0.468 e. The van der Waals surface area contributed by atoms with E-state index in [1.807, 2.05) is 0 Å². The van der Waals surface area contributed by atoms with Crippen molar-refractivity contribution in [2.45, 2.75) is 6.18 Å². The Morgan fingerprint density at radius 1 is 1.25 bits per heavy atom. The maximum atomic E-state index is 13.4. The summed E-state index contributed by atoms with van der Waals surface area (Å²) in [5.74, 6) is -1.66. The van der Waals surface area contributed by atoms with Crippen molar-refractivity contribution in [3.05, 3.63) is 82.2 Å². The van der Waals surface area contributed by atoms with Gasteiger partial charge in [0.2, 0.25) is 5.88 Å². The fourth-order valence-corrected chi connectivity index (χ4v) is 2.76. The summed E-state index contributed by atoms with van der Waals surface area (Å²) in [6.07, 6.45) is -2.06. The molecule has 1 aromatic carbocycles. The first-order chi connectivity index (χ1) is 15.1. The number of carbonyl (C=O) groups excluding carboxylic acids is 1. The van der Waals surface area contributed by atoms with E-state index in [0.717, 1.165) is 33.9 Å². The molecule has 2 aromatic heterocycles.